The Labute approximate surface area is 383 Å². The Bertz CT molecular complexity index is 4230. The summed E-state index contributed by atoms with van der Waals surface area (Å²) in [5.41, 5.74) is 13.9. The van der Waals surface area contributed by atoms with Gasteiger partial charge in [-0.3, -0.25) is 0 Å². The van der Waals surface area contributed by atoms with Gasteiger partial charge in [-0.15, -0.1) is 0 Å². The number of nitrogens with zero attached hydrogens (tertiary/aromatic N) is 5. The van der Waals surface area contributed by atoms with Crippen LogP contribution in [0.25, 0.3) is 132 Å². The smallest absolute Gasteiger partial charge is 0.252 e. The van der Waals surface area contributed by atoms with Crippen LogP contribution >= 0.6 is 0 Å². The van der Waals surface area contributed by atoms with Gasteiger partial charge >= 0.3 is 0 Å². The van der Waals surface area contributed by atoms with Gasteiger partial charge in [0, 0.05) is 49.6 Å². The van der Waals surface area contributed by atoms with E-state index in [1.807, 2.05) is 36.4 Å². The zero-order chi connectivity index (χ0) is 43.5. The Morgan fingerprint density at radius 3 is 1.13 bits per heavy atom. The van der Waals surface area contributed by atoms with Crippen LogP contribution in [0.5, 0.6) is 0 Å². The van der Waals surface area contributed by atoms with Gasteiger partial charge in [0.1, 0.15) is 0 Å². The predicted octanol–water partition coefficient (Wildman–Crippen LogP) is 12.8. The van der Waals surface area contributed by atoms with Crippen molar-refractivity contribution < 1.29 is 0 Å². The molecule has 3 aromatic heterocycles. The second kappa shape index (κ2) is 12.9. The molecule has 5 nitrogen and oxygen atoms in total. The minimum absolute atomic E-state index is 0.0671. The van der Waals surface area contributed by atoms with Crippen LogP contribution in [0, 0.1) is 0 Å². The molecule has 0 fully saturated rings. The molecule has 2 aliphatic heterocycles. The van der Waals surface area contributed by atoms with Crippen LogP contribution in [0.15, 0.2) is 206 Å². The summed E-state index contributed by atoms with van der Waals surface area (Å²) in [6.45, 7) is -0.0671. The van der Waals surface area contributed by atoms with Crippen molar-refractivity contribution in [1.29, 1.82) is 0 Å². The third kappa shape index (κ3) is 4.66. The highest BCUT2D eigenvalue weighted by Gasteiger charge is 2.42. The standard InChI is InChI=1S/C61H34BN5/c1-3-17-37(18-4-1)59-63-60(38-19-5-2-6-20-38)65-61(64-59)41-33-50-56-51(34-41)67-49-30-28-36-16-8-12-24-43(36)53(49)55-45-26-14-10-22-40(45)32-47(58(55)67)62(56)46-31-39-21-9-13-25-44(39)54-52-42-23-11-7-15-35(42)27-29-48(52)66(50)57(46)54/h1-34H. The molecule has 5 heterocycles. The van der Waals surface area contributed by atoms with E-state index in [-0.39, 0.29) is 6.71 Å². The minimum atomic E-state index is -0.0671. The number of rotatable bonds is 3. The molecule has 0 amide bonds. The Hall–Kier alpha value is -8.87. The number of hydrogen-bond donors (Lipinski definition) is 0. The number of hydrogen-bond acceptors (Lipinski definition) is 3. The molecule has 2 aliphatic rings. The van der Waals surface area contributed by atoms with Crippen LogP contribution in [0.2, 0.25) is 0 Å². The SMILES string of the molecule is c1ccc(-c2nc(-c3ccccc3)nc(-c3cc4c5c(c3)-n3c6ccc7ccccc7c6c6c7ccccc7cc(c63)B5c3cc5ccccc5c5c6c7ccccc7ccc6n-4c35)n2)cc1. The van der Waals surface area contributed by atoms with Crippen molar-refractivity contribution >= 4 is 110 Å². The van der Waals surface area contributed by atoms with E-state index >= 15 is 0 Å². The van der Waals surface area contributed by atoms with Crippen molar-refractivity contribution in [1.82, 2.24) is 24.1 Å². The maximum atomic E-state index is 5.37. The van der Waals surface area contributed by atoms with Gasteiger partial charge in [-0.05, 0) is 83.7 Å². The lowest BCUT2D eigenvalue weighted by Crippen LogP contribution is -2.59. The molecule has 0 N–H and O–H groups in total. The van der Waals surface area contributed by atoms with E-state index in [4.69, 9.17) is 15.0 Å². The first kappa shape index (κ1) is 35.5. The summed E-state index contributed by atoms with van der Waals surface area (Å²) in [5, 5.41) is 15.2. The van der Waals surface area contributed by atoms with E-state index in [1.54, 1.807) is 0 Å². The first-order chi connectivity index (χ1) is 33.2. The molecule has 0 radical (unpaired) electrons. The van der Waals surface area contributed by atoms with Crippen molar-refractivity contribution in [3.8, 4) is 45.5 Å². The summed E-state index contributed by atoms with van der Waals surface area (Å²) in [6.07, 6.45) is 0. The first-order valence-electron chi connectivity index (χ1n) is 23.1. The molecule has 0 unspecified atom stereocenters. The molecule has 11 aromatic carbocycles. The average Bonchev–Trinajstić information content (AvgIpc) is 3.95. The molecule has 306 valence electrons. The predicted molar refractivity (Wildman–Crippen MR) is 279 cm³/mol. The fraction of sp³-hybridized carbons (Fsp3) is 0. The van der Waals surface area contributed by atoms with Gasteiger partial charge in [-0.1, -0.05) is 182 Å². The van der Waals surface area contributed by atoms with Crippen molar-refractivity contribution in [2.45, 2.75) is 0 Å². The Morgan fingerprint density at radius 2 is 0.687 bits per heavy atom. The molecule has 0 saturated heterocycles. The Morgan fingerprint density at radius 1 is 0.313 bits per heavy atom. The fourth-order valence-electron chi connectivity index (χ4n) is 12.1. The third-order valence-electron chi connectivity index (χ3n) is 14.8. The zero-order valence-corrected chi connectivity index (χ0v) is 35.9. The summed E-state index contributed by atoms with van der Waals surface area (Å²) >= 11 is 0. The normalized spacial score (nSPS) is 12.7. The van der Waals surface area contributed by atoms with E-state index in [0.29, 0.717) is 17.5 Å². The van der Waals surface area contributed by atoms with Gasteiger partial charge in [-0.2, -0.15) is 0 Å². The van der Waals surface area contributed by atoms with E-state index < -0.39 is 0 Å². The third-order valence-corrected chi connectivity index (χ3v) is 14.8. The fourth-order valence-corrected chi connectivity index (χ4v) is 12.1. The van der Waals surface area contributed by atoms with E-state index in [0.717, 1.165) is 28.1 Å². The maximum Gasteiger partial charge on any atom is 0.252 e. The quantitative estimate of drug-likeness (QED) is 0.166. The Balaban J connectivity index is 1.14. The van der Waals surface area contributed by atoms with E-state index in [1.165, 1.54) is 103 Å². The summed E-state index contributed by atoms with van der Waals surface area (Å²) in [5.74, 6) is 1.92. The summed E-state index contributed by atoms with van der Waals surface area (Å²) in [7, 11) is 0. The zero-order valence-electron chi connectivity index (χ0n) is 35.9. The second-order valence-electron chi connectivity index (χ2n) is 18.3. The van der Waals surface area contributed by atoms with Crippen molar-refractivity contribution in [2.24, 2.45) is 0 Å². The monoisotopic (exact) mass is 847 g/mol. The van der Waals surface area contributed by atoms with E-state index in [2.05, 4.69) is 179 Å². The van der Waals surface area contributed by atoms with Crippen LogP contribution in [0.3, 0.4) is 0 Å². The number of benzene rings is 11. The summed E-state index contributed by atoms with van der Waals surface area (Å²) < 4.78 is 5.17. The lowest BCUT2D eigenvalue weighted by atomic mass is 9.34. The van der Waals surface area contributed by atoms with Crippen molar-refractivity contribution in [2.75, 3.05) is 0 Å². The van der Waals surface area contributed by atoms with Crippen LogP contribution < -0.4 is 16.4 Å². The van der Waals surface area contributed by atoms with Gasteiger partial charge in [0.05, 0.1) is 22.1 Å². The summed E-state index contributed by atoms with van der Waals surface area (Å²) in [4.78, 5) is 15.9. The van der Waals surface area contributed by atoms with Gasteiger partial charge < -0.3 is 9.13 Å². The van der Waals surface area contributed by atoms with E-state index in [9.17, 15) is 0 Å². The van der Waals surface area contributed by atoms with Gasteiger partial charge in [0.25, 0.3) is 6.71 Å². The van der Waals surface area contributed by atoms with Crippen LogP contribution in [-0.4, -0.2) is 30.8 Å². The molecule has 0 bridgehead atoms. The van der Waals surface area contributed by atoms with Crippen LogP contribution in [-0.2, 0) is 0 Å². The molecule has 0 atom stereocenters. The molecule has 67 heavy (non-hydrogen) atoms. The molecular weight excluding hydrogens is 814 g/mol. The maximum absolute atomic E-state index is 5.37. The van der Waals surface area contributed by atoms with Crippen molar-refractivity contribution in [3.63, 3.8) is 0 Å². The van der Waals surface area contributed by atoms with Gasteiger partial charge in [-0.25, -0.2) is 15.0 Å². The first-order valence-corrected chi connectivity index (χ1v) is 23.1. The van der Waals surface area contributed by atoms with Crippen LogP contribution in [0.4, 0.5) is 0 Å². The highest BCUT2D eigenvalue weighted by atomic mass is 15.1. The molecule has 16 rings (SSSR count). The topological polar surface area (TPSA) is 48.5 Å². The molecule has 0 spiro atoms. The van der Waals surface area contributed by atoms with Crippen LogP contribution in [0.1, 0.15) is 0 Å². The molecular formula is C61H34BN5. The minimum Gasteiger partial charge on any atom is -0.310 e. The highest BCUT2D eigenvalue weighted by molar-refractivity contribution is 7.00. The van der Waals surface area contributed by atoms with Crippen molar-refractivity contribution in [3.05, 3.63) is 206 Å². The highest BCUT2D eigenvalue weighted by Crippen LogP contribution is 2.46. The molecule has 0 aliphatic carbocycles. The average molecular weight is 848 g/mol. The Kier molecular flexibility index (Phi) is 6.83. The number of fused-ring (bicyclic) bond motifs is 18. The summed E-state index contributed by atoms with van der Waals surface area (Å²) in [6, 6.07) is 75.4. The van der Waals surface area contributed by atoms with Gasteiger partial charge in [0.15, 0.2) is 17.5 Å². The molecule has 6 heteroatoms. The lowest BCUT2D eigenvalue weighted by Gasteiger charge is -2.34. The largest absolute Gasteiger partial charge is 0.310 e. The molecule has 0 saturated carbocycles. The second-order valence-corrected chi connectivity index (χ2v) is 18.3. The lowest BCUT2D eigenvalue weighted by molar-refractivity contribution is 1.07. The van der Waals surface area contributed by atoms with Gasteiger partial charge in [0.2, 0.25) is 0 Å². The number of aromatic nitrogens is 5. The molecule has 14 aromatic rings.